The first-order valence-corrected chi connectivity index (χ1v) is 11.9. The Balaban J connectivity index is 1.39. The van der Waals surface area contributed by atoms with Gasteiger partial charge in [-0.3, -0.25) is 14.4 Å². The van der Waals surface area contributed by atoms with E-state index in [1.165, 1.54) is 35.9 Å². The Bertz CT molecular complexity index is 1300. The van der Waals surface area contributed by atoms with Crippen molar-refractivity contribution in [1.82, 2.24) is 15.2 Å². The normalized spacial score (nSPS) is 31.4. The molecule has 7 nitrogen and oxygen atoms in total. The zero-order valence-corrected chi connectivity index (χ0v) is 19.3. The first-order valence-electron chi connectivity index (χ1n) is 11.5. The molecule has 6 unspecified atom stereocenters. The van der Waals surface area contributed by atoms with E-state index in [4.69, 9.17) is 11.6 Å². The number of carbonyl (C=O) groups is 3. The van der Waals surface area contributed by atoms with Crippen molar-refractivity contribution in [2.45, 2.75) is 31.4 Å². The van der Waals surface area contributed by atoms with Gasteiger partial charge in [0.2, 0.25) is 11.8 Å². The van der Waals surface area contributed by atoms with E-state index in [-0.39, 0.29) is 40.3 Å². The monoisotopic (exact) mass is 506 g/mol. The highest BCUT2D eigenvalue weighted by Crippen LogP contribution is 2.75. The molecule has 184 valence electrons. The van der Waals surface area contributed by atoms with E-state index in [1.54, 1.807) is 0 Å². The zero-order valence-electron chi connectivity index (χ0n) is 18.6. The number of hydrogen-bond acceptors (Lipinski definition) is 3. The van der Waals surface area contributed by atoms with E-state index in [9.17, 15) is 27.6 Å². The number of fused-ring (bicyclic) bond motifs is 6. The van der Waals surface area contributed by atoms with E-state index in [0.29, 0.717) is 18.5 Å². The molecule has 0 radical (unpaired) electrons. The molecule has 11 heteroatoms. The number of benzene rings is 1. The Kier molecular flexibility index (Phi) is 4.81. The zero-order chi connectivity index (χ0) is 24.8. The molecule has 3 saturated carbocycles. The SMILES string of the molecule is CNC(=O)c1cc(NC(=O)C2CC3CC2C2C3C2(F)F)c2n1CC(=O)NC2c1cc(F)ccc1Cl. The first kappa shape index (κ1) is 22.5. The third kappa shape index (κ3) is 3.22. The maximum absolute atomic E-state index is 14.1. The molecular formula is C24H22ClF3N4O3. The van der Waals surface area contributed by atoms with Crippen molar-refractivity contribution in [3.63, 3.8) is 0 Å². The van der Waals surface area contributed by atoms with Crippen LogP contribution in [0.15, 0.2) is 24.3 Å². The number of carbonyl (C=O) groups excluding carboxylic acids is 3. The molecule has 1 aromatic heterocycles. The van der Waals surface area contributed by atoms with Gasteiger partial charge in [0, 0.05) is 35.4 Å². The molecule has 6 atom stereocenters. The van der Waals surface area contributed by atoms with E-state index >= 15 is 0 Å². The second-order valence-electron chi connectivity index (χ2n) is 9.88. The topological polar surface area (TPSA) is 92.2 Å². The molecular weight excluding hydrogens is 485 g/mol. The van der Waals surface area contributed by atoms with Crippen molar-refractivity contribution in [3.05, 3.63) is 52.1 Å². The minimum absolute atomic E-state index is 0.131. The summed E-state index contributed by atoms with van der Waals surface area (Å²) in [6, 6.07) is 4.25. The molecule has 3 fully saturated rings. The molecule has 1 aromatic carbocycles. The summed E-state index contributed by atoms with van der Waals surface area (Å²) >= 11 is 6.33. The van der Waals surface area contributed by atoms with Crippen molar-refractivity contribution >= 4 is 35.0 Å². The van der Waals surface area contributed by atoms with Crippen LogP contribution in [0.3, 0.4) is 0 Å². The number of amides is 3. The molecule has 4 aliphatic rings. The molecule has 1 aliphatic heterocycles. The first-order chi connectivity index (χ1) is 16.6. The molecule has 3 amide bonds. The van der Waals surface area contributed by atoms with Gasteiger partial charge in [0.25, 0.3) is 11.8 Å². The molecule has 2 heterocycles. The van der Waals surface area contributed by atoms with E-state index < -0.39 is 53.3 Å². The highest BCUT2D eigenvalue weighted by atomic mass is 35.5. The maximum Gasteiger partial charge on any atom is 0.267 e. The molecule has 3 N–H and O–H groups in total. The van der Waals surface area contributed by atoms with Gasteiger partial charge in [-0.05, 0) is 48.9 Å². The molecule has 2 bridgehead atoms. The minimum atomic E-state index is -2.69. The van der Waals surface area contributed by atoms with E-state index in [2.05, 4.69) is 16.0 Å². The van der Waals surface area contributed by atoms with E-state index in [0.717, 1.165) is 0 Å². The van der Waals surface area contributed by atoms with Crippen molar-refractivity contribution in [3.8, 4) is 0 Å². The highest BCUT2D eigenvalue weighted by Gasteiger charge is 2.80. The number of alkyl halides is 2. The molecule has 35 heavy (non-hydrogen) atoms. The fourth-order valence-electron chi connectivity index (χ4n) is 6.70. The summed E-state index contributed by atoms with van der Waals surface area (Å²) < 4.78 is 43.7. The molecule has 6 rings (SSSR count). The predicted octanol–water partition coefficient (Wildman–Crippen LogP) is 3.34. The van der Waals surface area contributed by atoms with Gasteiger partial charge >= 0.3 is 0 Å². The summed E-state index contributed by atoms with van der Waals surface area (Å²) in [4.78, 5) is 38.4. The lowest BCUT2D eigenvalue weighted by Crippen LogP contribution is -2.41. The van der Waals surface area contributed by atoms with Gasteiger partial charge in [0.15, 0.2) is 0 Å². The smallest absolute Gasteiger partial charge is 0.267 e. The van der Waals surface area contributed by atoms with Crippen LogP contribution in [0.4, 0.5) is 18.9 Å². The van der Waals surface area contributed by atoms with Gasteiger partial charge in [-0.1, -0.05) is 11.6 Å². The lowest BCUT2D eigenvalue weighted by molar-refractivity contribution is -0.123. The van der Waals surface area contributed by atoms with Crippen molar-refractivity contribution in [1.29, 1.82) is 0 Å². The summed E-state index contributed by atoms with van der Waals surface area (Å²) in [7, 11) is 1.44. The Morgan fingerprint density at radius 3 is 2.69 bits per heavy atom. The summed E-state index contributed by atoms with van der Waals surface area (Å²) in [6.45, 7) is -0.193. The van der Waals surface area contributed by atoms with Crippen molar-refractivity contribution in [2.24, 2.45) is 29.6 Å². The number of anilines is 1. The Morgan fingerprint density at radius 2 is 1.97 bits per heavy atom. The molecule has 2 aromatic rings. The number of nitrogens with one attached hydrogen (secondary N) is 3. The number of aromatic nitrogens is 1. The predicted molar refractivity (Wildman–Crippen MR) is 119 cm³/mol. The van der Waals surface area contributed by atoms with Gasteiger partial charge in [-0.25, -0.2) is 13.2 Å². The Hall–Kier alpha value is -3.01. The van der Waals surface area contributed by atoms with Crippen LogP contribution in [-0.4, -0.2) is 35.3 Å². The standard InChI is InChI=1S/C24H22ClF3N4O3/c1-29-23(35)16-7-15(30-22(34)12-5-9-4-11(12)19-18(9)24(19,27)28)21-20(31-17(33)8-32(16)21)13-6-10(26)2-3-14(13)25/h2-3,6-7,9,11-12,18-20H,4-5,8H2,1H3,(H,29,35)(H,30,34)(H,31,33). The van der Waals surface area contributed by atoms with Crippen LogP contribution in [0.25, 0.3) is 0 Å². The highest BCUT2D eigenvalue weighted by molar-refractivity contribution is 6.31. The van der Waals surface area contributed by atoms with Crippen LogP contribution in [0.1, 0.15) is 40.6 Å². The van der Waals surface area contributed by atoms with Crippen LogP contribution >= 0.6 is 11.6 Å². The summed E-state index contributed by atoms with van der Waals surface area (Å²) in [5.41, 5.74) is 1.01. The van der Waals surface area contributed by atoms with Gasteiger partial charge in [0.05, 0.1) is 17.4 Å². The largest absolute Gasteiger partial charge is 0.354 e. The third-order valence-electron chi connectivity index (χ3n) is 8.13. The maximum atomic E-state index is 14.1. The lowest BCUT2D eigenvalue weighted by Gasteiger charge is -2.29. The van der Waals surface area contributed by atoms with Crippen LogP contribution in [0, 0.1) is 35.4 Å². The van der Waals surface area contributed by atoms with Crippen LogP contribution in [0.5, 0.6) is 0 Å². The lowest BCUT2D eigenvalue weighted by atomic mass is 9.88. The summed E-state index contributed by atoms with van der Waals surface area (Å²) in [6.07, 6.45) is 1.03. The second kappa shape index (κ2) is 7.49. The quantitative estimate of drug-likeness (QED) is 0.594. The molecule has 0 spiro atoms. The number of rotatable bonds is 4. The van der Waals surface area contributed by atoms with Crippen molar-refractivity contribution < 1.29 is 27.6 Å². The summed E-state index contributed by atoms with van der Waals surface area (Å²) in [5, 5.41) is 8.31. The Labute approximate surface area is 203 Å². The number of hydrogen-bond donors (Lipinski definition) is 3. The average Bonchev–Trinajstić information content (AvgIpc) is 3.23. The summed E-state index contributed by atoms with van der Waals surface area (Å²) in [5.74, 6) is -6.96. The van der Waals surface area contributed by atoms with Gasteiger partial charge < -0.3 is 20.5 Å². The fourth-order valence-corrected chi connectivity index (χ4v) is 6.93. The minimum Gasteiger partial charge on any atom is -0.354 e. The van der Waals surface area contributed by atoms with Crippen LogP contribution in [-0.2, 0) is 16.1 Å². The van der Waals surface area contributed by atoms with Gasteiger partial charge in [0.1, 0.15) is 18.1 Å². The van der Waals surface area contributed by atoms with Crippen LogP contribution in [0.2, 0.25) is 5.02 Å². The molecule has 3 aliphatic carbocycles. The molecule has 0 saturated heterocycles. The Morgan fingerprint density at radius 1 is 1.20 bits per heavy atom. The second-order valence-corrected chi connectivity index (χ2v) is 10.3. The van der Waals surface area contributed by atoms with Crippen molar-refractivity contribution in [2.75, 3.05) is 12.4 Å². The van der Waals surface area contributed by atoms with E-state index in [1.807, 2.05) is 0 Å². The van der Waals surface area contributed by atoms with Gasteiger partial charge in [-0.15, -0.1) is 0 Å². The third-order valence-corrected chi connectivity index (χ3v) is 8.47. The van der Waals surface area contributed by atoms with Gasteiger partial charge in [-0.2, -0.15) is 0 Å². The number of halogens is 4. The van der Waals surface area contributed by atoms with Crippen LogP contribution < -0.4 is 16.0 Å². The fraction of sp³-hybridized carbons (Fsp3) is 0.458. The number of nitrogens with zero attached hydrogens (tertiary/aromatic N) is 1. The average molecular weight is 507 g/mol.